The molecule has 0 amide bonds. The van der Waals surface area contributed by atoms with E-state index in [0.29, 0.717) is 0 Å². The van der Waals surface area contributed by atoms with Gasteiger partial charge in [-0.05, 0) is 25.1 Å². The second-order valence-electron chi connectivity index (χ2n) is 3.31. The normalized spacial score (nSPS) is 20.3. The summed E-state index contributed by atoms with van der Waals surface area (Å²) >= 11 is 0. The molecule has 1 N–H and O–H groups in total. The fourth-order valence-electron chi connectivity index (χ4n) is 1.39. The highest BCUT2D eigenvalue weighted by Gasteiger charge is 2.38. The zero-order chi connectivity index (χ0) is 12.1. The molecule has 1 aromatic carbocycles. The van der Waals surface area contributed by atoms with E-state index in [1.165, 1.54) is 17.1 Å². The van der Waals surface area contributed by atoms with E-state index in [9.17, 15) is 21.6 Å². The minimum atomic E-state index is -4.06. The first-order valence-corrected chi connectivity index (χ1v) is 7.14. The Balaban J connectivity index is 2.84. The van der Waals surface area contributed by atoms with Crippen LogP contribution in [0.3, 0.4) is 0 Å². The number of ketones is 1. The molecule has 1 aliphatic heterocycles. The number of rotatable bonds is 1. The van der Waals surface area contributed by atoms with Crippen LogP contribution in [0.2, 0.25) is 0 Å². The summed E-state index contributed by atoms with van der Waals surface area (Å²) < 4.78 is 47.2. The summed E-state index contributed by atoms with van der Waals surface area (Å²) in [7, 11) is -8.06. The third-order valence-electron chi connectivity index (χ3n) is 2.15. The van der Waals surface area contributed by atoms with Gasteiger partial charge in [0, 0.05) is 5.56 Å². The van der Waals surface area contributed by atoms with Gasteiger partial charge in [0.05, 0.1) is 0 Å². The number of fused-ring (bicyclic) bond motifs is 1. The molecule has 0 radical (unpaired) electrons. The highest BCUT2D eigenvalue weighted by atomic mass is 32.3. The molecule has 1 aromatic rings. The first-order chi connectivity index (χ1) is 7.24. The van der Waals surface area contributed by atoms with Crippen molar-refractivity contribution in [2.45, 2.75) is 16.7 Å². The van der Waals surface area contributed by atoms with Crippen LogP contribution in [0.25, 0.3) is 0 Å². The zero-order valence-electron chi connectivity index (χ0n) is 8.09. The average molecular weight is 261 g/mol. The Hall–Kier alpha value is -1.25. The van der Waals surface area contributed by atoms with Gasteiger partial charge >= 0.3 is 0 Å². The number of hydrogen-bond donors (Lipinski definition) is 1. The van der Waals surface area contributed by atoms with Gasteiger partial charge in [-0.15, -0.1) is 4.13 Å². The SMILES string of the molecule is CC(=O)c1ccc2c(c1)S(=O)(=O)NS2(=O)=O. The topological polar surface area (TPSA) is 97.4 Å². The first kappa shape index (κ1) is 11.2. The lowest BCUT2D eigenvalue weighted by Gasteiger charge is -1.98. The number of carbonyl (C=O) groups excluding carboxylic acids is 1. The number of Topliss-reactive ketones (excluding diaryl/α,β-unsaturated/α-hetero) is 1. The number of carbonyl (C=O) groups is 1. The molecule has 0 spiro atoms. The zero-order valence-corrected chi connectivity index (χ0v) is 9.72. The van der Waals surface area contributed by atoms with Gasteiger partial charge in [0.2, 0.25) is 0 Å². The second-order valence-corrected chi connectivity index (χ2v) is 6.87. The van der Waals surface area contributed by atoms with Crippen LogP contribution >= 0.6 is 0 Å². The van der Waals surface area contributed by atoms with Gasteiger partial charge < -0.3 is 0 Å². The molecule has 0 aromatic heterocycles. The smallest absolute Gasteiger partial charge is 0.255 e. The van der Waals surface area contributed by atoms with Crippen LogP contribution in [0, 0.1) is 0 Å². The van der Waals surface area contributed by atoms with Crippen molar-refractivity contribution in [3.8, 4) is 0 Å². The molecule has 1 heterocycles. The fourth-order valence-corrected chi connectivity index (χ4v) is 5.11. The van der Waals surface area contributed by atoms with Crippen molar-refractivity contribution in [3.63, 3.8) is 0 Å². The van der Waals surface area contributed by atoms with Crippen LogP contribution in [-0.4, -0.2) is 22.6 Å². The van der Waals surface area contributed by atoms with E-state index in [-0.39, 0.29) is 21.1 Å². The highest BCUT2D eigenvalue weighted by molar-refractivity contribution is 8.07. The standard InChI is InChI=1S/C8H7NO5S2/c1-5(10)6-2-3-7-8(4-6)16(13,14)9-15(7,11)12/h2-4,9H,1H3. The Bertz CT molecular complexity index is 687. The molecule has 86 valence electrons. The number of sulfonamides is 2. The summed E-state index contributed by atoms with van der Waals surface area (Å²) in [5.74, 6) is -0.331. The Labute approximate surface area is 92.4 Å². The third-order valence-corrected chi connectivity index (χ3v) is 5.89. The molecule has 1 aliphatic rings. The van der Waals surface area contributed by atoms with Gasteiger partial charge in [0.1, 0.15) is 9.79 Å². The maximum absolute atomic E-state index is 11.4. The minimum absolute atomic E-state index is 0.154. The van der Waals surface area contributed by atoms with Gasteiger partial charge in [0.25, 0.3) is 20.0 Å². The fraction of sp³-hybridized carbons (Fsp3) is 0.125. The van der Waals surface area contributed by atoms with Crippen molar-refractivity contribution in [1.29, 1.82) is 0 Å². The van der Waals surface area contributed by atoms with Crippen molar-refractivity contribution in [2.75, 3.05) is 0 Å². The van der Waals surface area contributed by atoms with E-state index < -0.39 is 20.0 Å². The van der Waals surface area contributed by atoms with Crippen molar-refractivity contribution >= 4 is 25.8 Å². The lowest BCUT2D eigenvalue weighted by atomic mass is 10.1. The van der Waals surface area contributed by atoms with Crippen LogP contribution in [0.4, 0.5) is 0 Å². The van der Waals surface area contributed by atoms with Crippen LogP contribution < -0.4 is 4.13 Å². The van der Waals surface area contributed by atoms with Gasteiger partial charge in [-0.3, -0.25) is 4.79 Å². The van der Waals surface area contributed by atoms with Gasteiger partial charge in [-0.25, -0.2) is 16.8 Å². The minimum Gasteiger partial charge on any atom is -0.295 e. The van der Waals surface area contributed by atoms with E-state index in [1.54, 1.807) is 0 Å². The van der Waals surface area contributed by atoms with Crippen molar-refractivity contribution in [2.24, 2.45) is 0 Å². The molecule has 0 aliphatic carbocycles. The summed E-state index contributed by atoms with van der Waals surface area (Å²) in [5, 5.41) is 0. The van der Waals surface area contributed by atoms with Crippen LogP contribution in [-0.2, 0) is 20.0 Å². The highest BCUT2D eigenvalue weighted by Crippen LogP contribution is 2.29. The maximum Gasteiger partial charge on any atom is 0.255 e. The summed E-state index contributed by atoms with van der Waals surface area (Å²) in [6, 6.07) is 3.45. The van der Waals surface area contributed by atoms with Crippen LogP contribution in [0.15, 0.2) is 28.0 Å². The molecule has 0 unspecified atom stereocenters. The number of benzene rings is 1. The molecular formula is C8H7NO5S2. The molecule has 0 bridgehead atoms. The quantitative estimate of drug-likeness (QED) is 0.710. The molecule has 2 rings (SSSR count). The van der Waals surface area contributed by atoms with Crippen molar-refractivity contribution in [1.82, 2.24) is 4.13 Å². The lowest BCUT2D eigenvalue weighted by Crippen LogP contribution is -2.21. The summed E-state index contributed by atoms with van der Waals surface area (Å²) in [4.78, 5) is 10.4. The average Bonchev–Trinajstić information content (AvgIpc) is 2.32. The van der Waals surface area contributed by atoms with E-state index in [0.717, 1.165) is 12.1 Å². The van der Waals surface area contributed by atoms with Gasteiger partial charge in [-0.2, -0.15) is 0 Å². The summed E-state index contributed by atoms with van der Waals surface area (Å²) in [6.45, 7) is 1.27. The number of hydrogen-bond acceptors (Lipinski definition) is 5. The van der Waals surface area contributed by atoms with Gasteiger partial charge in [0.15, 0.2) is 5.78 Å². The van der Waals surface area contributed by atoms with Crippen molar-refractivity contribution < 1.29 is 21.6 Å². The van der Waals surface area contributed by atoms with Crippen LogP contribution in [0.5, 0.6) is 0 Å². The molecule has 0 saturated heterocycles. The van der Waals surface area contributed by atoms with E-state index in [2.05, 4.69) is 0 Å². The predicted octanol–water partition coefficient (Wildman–Crippen LogP) is -0.130. The predicted molar refractivity (Wildman–Crippen MR) is 54.0 cm³/mol. The molecule has 8 heteroatoms. The van der Waals surface area contributed by atoms with E-state index >= 15 is 0 Å². The molecule has 16 heavy (non-hydrogen) atoms. The van der Waals surface area contributed by atoms with Crippen molar-refractivity contribution in [3.05, 3.63) is 23.8 Å². The van der Waals surface area contributed by atoms with Gasteiger partial charge in [-0.1, -0.05) is 0 Å². The maximum atomic E-state index is 11.4. The van der Waals surface area contributed by atoms with E-state index in [1.807, 2.05) is 0 Å². The first-order valence-electron chi connectivity index (χ1n) is 4.18. The second kappa shape index (κ2) is 3.12. The molecular weight excluding hydrogens is 254 g/mol. The Kier molecular flexibility index (Phi) is 2.19. The van der Waals surface area contributed by atoms with Crippen LogP contribution in [0.1, 0.15) is 17.3 Å². The van der Waals surface area contributed by atoms with E-state index in [4.69, 9.17) is 0 Å². The number of nitrogens with one attached hydrogen (secondary N) is 1. The molecule has 0 atom stereocenters. The molecule has 0 saturated carbocycles. The summed E-state index contributed by atoms with van der Waals surface area (Å²) in [5.41, 5.74) is 0.154. The molecule has 6 nitrogen and oxygen atoms in total. The lowest BCUT2D eigenvalue weighted by molar-refractivity contribution is 0.101. The summed E-state index contributed by atoms with van der Waals surface area (Å²) in [6.07, 6.45) is 0. The Morgan fingerprint density at radius 3 is 2.19 bits per heavy atom. The third kappa shape index (κ3) is 1.55. The monoisotopic (exact) mass is 261 g/mol. The Morgan fingerprint density at radius 1 is 1.06 bits per heavy atom. The largest absolute Gasteiger partial charge is 0.295 e. The Morgan fingerprint density at radius 2 is 1.62 bits per heavy atom. The molecule has 0 fully saturated rings.